The van der Waals surface area contributed by atoms with Gasteiger partial charge in [-0.25, -0.2) is 0 Å². The zero-order valence-corrected chi connectivity index (χ0v) is 18.9. The van der Waals surface area contributed by atoms with Crippen LogP contribution in [0.2, 0.25) is 0 Å². The number of aryl methyl sites for hydroxylation is 1. The van der Waals surface area contributed by atoms with Crippen molar-refractivity contribution >= 4 is 17.7 Å². The number of carbonyl (C=O) groups is 3. The average molecular weight is 445 g/mol. The number of fused-ring (bicyclic) bond motifs is 1. The second-order valence-electron chi connectivity index (χ2n) is 8.83. The predicted molar refractivity (Wildman–Crippen MR) is 117 cm³/mol. The van der Waals surface area contributed by atoms with Gasteiger partial charge < -0.3 is 24.6 Å². The maximum absolute atomic E-state index is 12.8. The number of amides is 3. The van der Waals surface area contributed by atoms with E-state index in [4.69, 9.17) is 9.47 Å². The third-order valence-electron chi connectivity index (χ3n) is 6.57. The molecule has 32 heavy (non-hydrogen) atoms. The van der Waals surface area contributed by atoms with Gasteiger partial charge >= 0.3 is 0 Å². The number of nitrogens with zero attached hydrogens (tertiary/aromatic N) is 3. The van der Waals surface area contributed by atoms with E-state index in [0.717, 1.165) is 25.2 Å². The summed E-state index contributed by atoms with van der Waals surface area (Å²) < 4.78 is 11.3. The molecular formula is C23H32N4O5. The van der Waals surface area contributed by atoms with E-state index in [9.17, 15) is 14.4 Å². The first-order chi connectivity index (χ1) is 15.4. The standard InChI is InChI=1S/C23H32N4O5/c1-17-3-4-19-18(15-17)22(30)24-23(32-19)6-5-20(28)27(8-7-23)16-21(29)26-11-9-25(10-12-26)13-14-31-2/h3-4,15H,5-14,16H2,1-2H3,(H,24,30)/t23-/m0/s1. The van der Waals surface area contributed by atoms with Crippen LogP contribution >= 0.6 is 0 Å². The molecule has 0 aromatic heterocycles. The normalized spacial score (nSPS) is 24.1. The highest BCUT2D eigenvalue weighted by atomic mass is 16.5. The lowest BCUT2D eigenvalue weighted by Crippen LogP contribution is -2.56. The van der Waals surface area contributed by atoms with Crippen LogP contribution in [0.5, 0.6) is 5.75 Å². The molecular weight excluding hydrogens is 412 g/mol. The zero-order chi connectivity index (χ0) is 22.7. The Morgan fingerprint density at radius 3 is 2.69 bits per heavy atom. The van der Waals surface area contributed by atoms with Crippen LogP contribution in [0.25, 0.3) is 0 Å². The molecule has 1 atom stereocenters. The molecule has 3 aliphatic heterocycles. The van der Waals surface area contributed by atoms with E-state index in [-0.39, 0.29) is 30.7 Å². The van der Waals surface area contributed by atoms with E-state index < -0.39 is 5.72 Å². The summed E-state index contributed by atoms with van der Waals surface area (Å²) in [4.78, 5) is 44.0. The molecule has 2 fully saturated rings. The third kappa shape index (κ3) is 4.88. The van der Waals surface area contributed by atoms with Gasteiger partial charge in [-0.15, -0.1) is 0 Å². The summed E-state index contributed by atoms with van der Waals surface area (Å²) in [5.74, 6) is 0.248. The minimum Gasteiger partial charge on any atom is -0.467 e. The first-order valence-electron chi connectivity index (χ1n) is 11.3. The average Bonchev–Trinajstić information content (AvgIpc) is 2.93. The monoisotopic (exact) mass is 444 g/mol. The van der Waals surface area contributed by atoms with E-state index in [1.165, 1.54) is 0 Å². The molecule has 0 radical (unpaired) electrons. The summed E-state index contributed by atoms with van der Waals surface area (Å²) in [6.07, 6.45) is 1.04. The van der Waals surface area contributed by atoms with Gasteiger partial charge in [-0.3, -0.25) is 19.3 Å². The van der Waals surface area contributed by atoms with Gasteiger partial charge in [0.25, 0.3) is 5.91 Å². The Kier molecular flexibility index (Phi) is 6.66. The summed E-state index contributed by atoms with van der Waals surface area (Å²) in [5.41, 5.74) is 0.585. The Bertz CT molecular complexity index is 883. The molecule has 174 valence electrons. The molecule has 2 saturated heterocycles. The Hall–Kier alpha value is -2.65. The van der Waals surface area contributed by atoms with Crippen molar-refractivity contribution in [1.29, 1.82) is 0 Å². The number of nitrogens with one attached hydrogen (secondary N) is 1. The number of carbonyl (C=O) groups excluding carboxylic acids is 3. The van der Waals surface area contributed by atoms with E-state index in [2.05, 4.69) is 10.2 Å². The molecule has 4 rings (SSSR count). The van der Waals surface area contributed by atoms with Crippen molar-refractivity contribution in [2.24, 2.45) is 0 Å². The molecule has 1 spiro atoms. The van der Waals surface area contributed by atoms with Crippen LogP contribution in [0.3, 0.4) is 0 Å². The third-order valence-corrected chi connectivity index (χ3v) is 6.57. The van der Waals surface area contributed by atoms with Gasteiger partial charge in [0, 0.05) is 65.6 Å². The Morgan fingerprint density at radius 1 is 1.16 bits per heavy atom. The van der Waals surface area contributed by atoms with Crippen LogP contribution in [0, 0.1) is 6.92 Å². The van der Waals surface area contributed by atoms with Crippen molar-refractivity contribution in [3.8, 4) is 5.75 Å². The van der Waals surface area contributed by atoms with Gasteiger partial charge in [0.2, 0.25) is 11.8 Å². The summed E-state index contributed by atoms with van der Waals surface area (Å²) >= 11 is 0. The number of methoxy groups -OCH3 is 1. The highest BCUT2D eigenvalue weighted by Gasteiger charge is 2.43. The first-order valence-corrected chi connectivity index (χ1v) is 11.3. The number of ether oxygens (including phenoxy) is 2. The lowest BCUT2D eigenvalue weighted by molar-refractivity contribution is -0.141. The fraction of sp³-hybridized carbons (Fsp3) is 0.609. The highest BCUT2D eigenvalue weighted by Crippen LogP contribution is 2.34. The van der Waals surface area contributed by atoms with E-state index >= 15 is 0 Å². The van der Waals surface area contributed by atoms with Crippen LogP contribution in [-0.4, -0.2) is 97.7 Å². The van der Waals surface area contributed by atoms with Gasteiger partial charge in [-0.1, -0.05) is 11.6 Å². The second-order valence-corrected chi connectivity index (χ2v) is 8.83. The van der Waals surface area contributed by atoms with Crippen LogP contribution in [-0.2, 0) is 14.3 Å². The molecule has 1 aromatic carbocycles. The fourth-order valence-corrected chi connectivity index (χ4v) is 4.55. The van der Waals surface area contributed by atoms with Gasteiger partial charge in [0.05, 0.1) is 18.7 Å². The molecule has 3 heterocycles. The topological polar surface area (TPSA) is 91.4 Å². The number of hydrogen-bond acceptors (Lipinski definition) is 6. The van der Waals surface area contributed by atoms with E-state index in [0.29, 0.717) is 50.4 Å². The molecule has 9 nitrogen and oxygen atoms in total. The Balaban J connectivity index is 1.35. The lowest BCUT2D eigenvalue weighted by atomic mass is 9.99. The first kappa shape index (κ1) is 22.5. The Morgan fingerprint density at radius 2 is 1.94 bits per heavy atom. The molecule has 0 aliphatic carbocycles. The van der Waals surface area contributed by atoms with E-state index in [1.807, 2.05) is 24.0 Å². The van der Waals surface area contributed by atoms with Gasteiger partial charge in [-0.05, 0) is 19.1 Å². The van der Waals surface area contributed by atoms with E-state index in [1.54, 1.807) is 18.1 Å². The van der Waals surface area contributed by atoms with Crippen molar-refractivity contribution in [2.75, 3.05) is 59.5 Å². The van der Waals surface area contributed by atoms with Crippen molar-refractivity contribution < 1.29 is 23.9 Å². The summed E-state index contributed by atoms with van der Waals surface area (Å²) in [7, 11) is 1.69. The minimum absolute atomic E-state index is 0.0323. The molecule has 0 bridgehead atoms. The fourth-order valence-electron chi connectivity index (χ4n) is 4.55. The number of likely N-dealkylation sites (tertiary alicyclic amines) is 1. The molecule has 0 saturated carbocycles. The van der Waals surface area contributed by atoms with Crippen molar-refractivity contribution in [3.05, 3.63) is 29.3 Å². The number of rotatable bonds is 5. The molecule has 1 aromatic rings. The predicted octanol–water partition coefficient (Wildman–Crippen LogP) is 0.617. The second kappa shape index (κ2) is 9.46. The SMILES string of the molecule is COCCN1CCN(C(=O)CN2CC[C@@]3(CCC2=O)NC(=O)c2cc(C)ccc2O3)CC1. The largest absolute Gasteiger partial charge is 0.467 e. The summed E-state index contributed by atoms with van der Waals surface area (Å²) in [6, 6.07) is 5.53. The van der Waals surface area contributed by atoms with Gasteiger partial charge in [-0.2, -0.15) is 0 Å². The van der Waals surface area contributed by atoms with Crippen molar-refractivity contribution in [2.45, 2.75) is 31.9 Å². The number of benzene rings is 1. The lowest BCUT2D eigenvalue weighted by Gasteiger charge is -2.38. The molecule has 9 heteroatoms. The quantitative estimate of drug-likeness (QED) is 0.716. The van der Waals surface area contributed by atoms with Crippen LogP contribution in [0.15, 0.2) is 18.2 Å². The van der Waals surface area contributed by atoms with Gasteiger partial charge in [0.15, 0.2) is 5.72 Å². The maximum atomic E-state index is 12.8. The highest BCUT2D eigenvalue weighted by molar-refractivity contribution is 5.98. The molecule has 3 aliphatic rings. The van der Waals surface area contributed by atoms with Crippen molar-refractivity contribution in [1.82, 2.24) is 20.0 Å². The number of hydrogen-bond donors (Lipinski definition) is 1. The molecule has 0 unspecified atom stereocenters. The molecule has 3 amide bonds. The summed E-state index contributed by atoms with van der Waals surface area (Å²) in [6.45, 7) is 6.83. The smallest absolute Gasteiger partial charge is 0.258 e. The summed E-state index contributed by atoms with van der Waals surface area (Å²) in [5, 5.41) is 2.98. The minimum atomic E-state index is -0.917. The molecule has 1 N–H and O–H groups in total. The van der Waals surface area contributed by atoms with Crippen LogP contribution in [0.4, 0.5) is 0 Å². The van der Waals surface area contributed by atoms with Gasteiger partial charge in [0.1, 0.15) is 5.75 Å². The van der Waals surface area contributed by atoms with Crippen LogP contribution < -0.4 is 10.1 Å². The van der Waals surface area contributed by atoms with Crippen LogP contribution in [0.1, 0.15) is 35.2 Å². The number of piperazine rings is 1. The maximum Gasteiger partial charge on any atom is 0.258 e. The Labute approximate surface area is 188 Å². The van der Waals surface area contributed by atoms with Crippen molar-refractivity contribution in [3.63, 3.8) is 0 Å². The zero-order valence-electron chi connectivity index (χ0n) is 18.9.